The number of nitrogens with zero attached hydrogens (tertiary/aromatic N) is 1. The van der Waals surface area contributed by atoms with Crippen molar-refractivity contribution in [3.63, 3.8) is 0 Å². The predicted molar refractivity (Wildman–Crippen MR) is 47.1 cm³/mol. The standard InChI is InChI=1S/C10H10N/c1-8-3-2-4-9-5-6-11-7-10(8)9/h2-4,7H,1,5-6H2. The summed E-state index contributed by atoms with van der Waals surface area (Å²) in [6.45, 7) is 4.87. The summed E-state index contributed by atoms with van der Waals surface area (Å²) >= 11 is 0. The van der Waals surface area contributed by atoms with Crippen LogP contribution in [0.2, 0.25) is 0 Å². The molecule has 55 valence electrons. The Morgan fingerprint density at radius 1 is 1.36 bits per heavy atom. The van der Waals surface area contributed by atoms with Crippen LogP contribution in [-0.2, 0) is 6.42 Å². The Hall–Kier alpha value is -1.11. The Kier molecular flexibility index (Phi) is 1.50. The Balaban J connectivity index is 2.60. The lowest BCUT2D eigenvalue weighted by Crippen LogP contribution is -2.04. The SMILES string of the molecule is [CH2]c1cccc2c1C=NCC2. The predicted octanol–water partition coefficient (Wildman–Crippen LogP) is 1.84. The molecule has 0 aromatic heterocycles. The minimum Gasteiger partial charge on any atom is -0.292 e. The minimum atomic E-state index is 0.927. The van der Waals surface area contributed by atoms with Crippen LogP contribution in [0.1, 0.15) is 16.7 Å². The van der Waals surface area contributed by atoms with Gasteiger partial charge in [-0.05, 0) is 30.0 Å². The molecule has 0 aliphatic carbocycles. The van der Waals surface area contributed by atoms with Gasteiger partial charge in [0.2, 0.25) is 0 Å². The lowest BCUT2D eigenvalue weighted by molar-refractivity contribution is 0.951. The summed E-state index contributed by atoms with van der Waals surface area (Å²) in [5, 5.41) is 0. The zero-order valence-electron chi connectivity index (χ0n) is 6.38. The lowest BCUT2D eigenvalue weighted by atomic mass is 9.99. The molecule has 0 saturated heterocycles. The van der Waals surface area contributed by atoms with E-state index in [1.807, 2.05) is 12.3 Å². The van der Waals surface area contributed by atoms with Gasteiger partial charge >= 0.3 is 0 Å². The van der Waals surface area contributed by atoms with Crippen LogP contribution in [0.3, 0.4) is 0 Å². The van der Waals surface area contributed by atoms with E-state index in [1.54, 1.807) is 0 Å². The number of fused-ring (bicyclic) bond motifs is 1. The Morgan fingerprint density at radius 2 is 2.27 bits per heavy atom. The van der Waals surface area contributed by atoms with Crippen molar-refractivity contribution in [1.82, 2.24) is 0 Å². The fourth-order valence-corrected chi connectivity index (χ4v) is 1.39. The molecule has 1 heterocycles. The third-order valence-corrected chi connectivity index (χ3v) is 2.02. The summed E-state index contributed by atoms with van der Waals surface area (Å²) in [6.07, 6.45) is 3.00. The van der Waals surface area contributed by atoms with Crippen molar-refractivity contribution in [3.8, 4) is 0 Å². The molecule has 0 amide bonds. The van der Waals surface area contributed by atoms with Gasteiger partial charge in [0.15, 0.2) is 0 Å². The second-order valence-corrected chi connectivity index (χ2v) is 2.78. The third-order valence-electron chi connectivity index (χ3n) is 2.02. The molecule has 2 rings (SSSR count). The van der Waals surface area contributed by atoms with Gasteiger partial charge in [0.1, 0.15) is 0 Å². The maximum atomic E-state index is 4.21. The number of hydrogen-bond donors (Lipinski definition) is 0. The van der Waals surface area contributed by atoms with E-state index in [9.17, 15) is 0 Å². The molecule has 1 heteroatoms. The summed E-state index contributed by atoms with van der Waals surface area (Å²) in [7, 11) is 0. The van der Waals surface area contributed by atoms with Crippen LogP contribution < -0.4 is 0 Å². The van der Waals surface area contributed by atoms with Crippen molar-refractivity contribution in [2.45, 2.75) is 6.42 Å². The van der Waals surface area contributed by atoms with Gasteiger partial charge in [-0.3, -0.25) is 4.99 Å². The fourth-order valence-electron chi connectivity index (χ4n) is 1.39. The molecule has 0 saturated carbocycles. The molecule has 0 spiro atoms. The molecule has 11 heavy (non-hydrogen) atoms. The molecule has 0 atom stereocenters. The Morgan fingerprint density at radius 3 is 3.09 bits per heavy atom. The maximum absolute atomic E-state index is 4.21. The summed E-state index contributed by atoms with van der Waals surface area (Å²) in [6, 6.07) is 6.23. The Bertz CT molecular complexity index is 300. The normalized spacial score (nSPS) is 14.6. The van der Waals surface area contributed by atoms with Gasteiger partial charge in [0.05, 0.1) is 0 Å². The van der Waals surface area contributed by atoms with E-state index in [0.717, 1.165) is 18.5 Å². The van der Waals surface area contributed by atoms with E-state index in [4.69, 9.17) is 0 Å². The van der Waals surface area contributed by atoms with Gasteiger partial charge in [-0.1, -0.05) is 18.2 Å². The molecule has 0 fully saturated rings. The van der Waals surface area contributed by atoms with Crippen molar-refractivity contribution >= 4 is 6.21 Å². The fraction of sp³-hybridized carbons (Fsp3) is 0.200. The molecule has 1 aliphatic rings. The van der Waals surface area contributed by atoms with Crippen molar-refractivity contribution in [3.05, 3.63) is 41.8 Å². The highest BCUT2D eigenvalue weighted by Crippen LogP contribution is 2.15. The molecule has 0 N–H and O–H groups in total. The summed E-state index contributed by atoms with van der Waals surface area (Å²) in [5.41, 5.74) is 3.69. The van der Waals surface area contributed by atoms with Crippen molar-refractivity contribution in [1.29, 1.82) is 0 Å². The third kappa shape index (κ3) is 1.07. The van der Waals surface area contributed by atoms with Crippen molar-refractivity contribution in [2.24, 2.45) is 4.99 Å². The highest BCUT2D eigenvalue weighted by Gasteiger charge is 2.05. The second-order valence-electron chi connectivity index (χ2n) is 2.78. The number of aliphatic imine (C=N–C) groups is 1. The topological polar surface area (TPSA) is 12.4 Å². The average Bonchev–Trinajstić information content (AvgIpc) is 2.06. The molecule has 1 aromatic rings. The van der Waals surface area contributed by atoms with Crippen LogP contribution in [0.5, 0.6) is 0 Å². The smallest absolute Gasteiger partial charge is 0.0430 e. The van der Waals surface area contributed by atoms with Crippen molar-refractivity contribution in [2.75, 3.05) is 6.54 Å². The van der Waals surface area contributed by atoms with Crippen LogP contribution in [0, 0.1) is 6.92 Å². The Labute approximate surface area is 66.8 Å². The second kappa shape index (κ2) is 2.50. The molecular formula is C10H10N. The van der Waals surface area contributed by atoms with Gasteiger partial charge < -0.3 is 0 Å². The van der Waals surface area contributed by atoms with Gasteiger partial charge in [-0.2, -0.15) is 0 Å². The van der Waals surface area contributed by atoms with Gasteiger partial charge in [0.25, 0.3) is 0 Å². The number of rotatable bonds is 0. The number of benzene rings is 1. The number of hydrogen-bond acceptors (Lipinski definition) is 1. The highest BCUT2D eigenvalue weighted by atomic mass is 14.7. The first-order chi connectivity index (χ1) is 5.38. The van der Waals surface area contributed by atoms with E-state index in [1.165, 1.54) is 11.1 Å². The molecule has 1 aliphatic heterocycles. The van der Waals surface area contributed by atoms with E-state index in [0.29, 0.717) is 0 Å². The monoisotopic (exact) mass is 144 g/mol. The van der Waals surface area contributed by atoms with Crippen LogP contribution >= 0.6 is 0 Å². The van der Waals surface area contributed by atoms with Crippen LogP contribution in [0.25, 0.3) is 0 Å². The molecule has 1 radical (unpaired) electrons. The minimum absolute atomic E-state index is 0.927. The summed E-state index contributed by atoms with van der Waals surface area (Å²) in [4.78, 5) is 4.21. The quantitative estimate of drug-likeness (QED) is 0.527. The molecular weight excluding hydrogens is 134 g/mol. The first kappa shape index (κ1) is 6.59. The molecule has 0 bridgehead atoms. The lowest BCUT2D eigenvalue weighted by Gasteiger charge is -2.10. The van der Waals surface area contributed by atoms with E-state index >= 15 is 0 Å². The van der Waals surface area contributed by atoms with E-state index < -0.39 is 0 Å². The van der Waals surface area contributed by atoms with Gasteiger partial charge in [0, 0.05) is 12.8 Å². The zero-order valence-corrected chi connectivity index (χ0v) is 6.38. The molecule has 0 unspecified atom stereocenters. The average molecular weight is 144 g/mol. The van der Waals surface area contributed by atoms with Gasteiger partial charge in [-0.25, -0.2) is 0 Å². The largest absolute Gasteiger partial charge is 0.292 e. The van der Waals surface area contributed by atoms with Crippen LogP contribution in [0.4, 0.5) is 0 Å². The maximum Gasteiger partial charge on any atom is 0.0430 e. The van der Waals surface area contributed by atoms with E-state index in [-0.39, 0.29) is 0 Å². The van der Waals surface area contributed by atoms with Crippen LogP contribution in [-0.4, -0.2) is 12.8 Å². The summed E-state index contributed by atoms with van der Waals surface area (Å²) in [5.74, 6) is 0. The summed E-state index contributed by atoms with van der Waals surface area (Å²) < 4.78 is 0. The molecule has 1 aromatic carbocycles. The van der Waals surface area contributed by atoms with E-state index in [2.05, 4.69) is 24.0 Å². The van der Waals surface area contributed by atoms with Crippen LogP contribution in [0.15, 0.2) is 23.2 Å². The van der Waals surface area contributed by atoms with Gasteiger partial charge in [-0.15, -0.1) is 0 Å². The highest BCUT2D eigenvalue weighted by molar-refractivity contribution is 5.85. The van der Waals surface area contributed by atoms with Crippen molar-refractivity contribution < 1.29 is 0 Å². The first-order valence-corrected chi connectivity index (χ1v) is 3.81. The zero-order chi connectivity index (χ0) is 7.68. The first-order valence-electron chi connectivity index (χ1n) is 3.81. The molecule has 1 nitrogen and oxygen atoms in total.